The number of hydrogen-bond acceptors (Lipinski definition) is 4. The van der Waals surface area contributed by atoms with Crippen molar-refractivity contribution in [1.29, 1.82) is 0 Å². The van der Waals surface area contributed by atoms with E-state index in [4.69, 9.17) is 11.6 Å². The molecule has 1 aliphatic heterocycles. The predicted octanol–water partition coefficient (Wildman–Crippen LogP) is 3.52. The molecule has 1 aliphatic carbocycles. The second-order valence-electron chi connectivity index (χ2n) is 6.25. The van der Waals surface area contributed by atoms with Crippen molar-refractivity contribution < 1.29 is 19.5 Å². The van der Waals surface area contributed by atoms with E-state index in [2.05, 4.69) is 33.2 Å². The van der Waals surface area contributed by atoms with E-state index in [9.17, 15) is 19.5 Å². The van der Waals surface area contributed by atoms with Gasteiger partial charge in [0.1, 0.15) is 6.04 Å². The van der Waals surface area contributed by atoms with Gasteiger partial charge in [-0.3, -0.25) is 9.69 Å². The second kappa shape index (κ2) is 8.78. The van der Waals surface area contributed by atoms with Crippen molar-refractivity contribution in [2.45, 2.75) is 18.9 Å². The third-order valence-corrected chi connectivity index (χ3v) is 5.44. The van der Waals surface area contributed by atoms with Gasteiger partial charge in [0.2, 0.25) is 0 Å². The van der Waals surface area contributed by atoms with Crippen LogP contribution in [0.15, 0.2) is 53.9 Å². The first-order chi connectivity index (χ1) is 13.3. The maximum absolute atomic E-state index is 12.2. The maximum Gasteiger partial charge on any atom is 0.326 e. The van der Waals surface area contributed by atoms with Crippen LogP contribution in [0.2, 0.25) is 5.02 Å². The summed E-state index contributed by atoms with van der Waals surface area (Å²) in [5.74, 6) is -1.15. The third kappa shape index (κ3) is 4.74. The summed E-state index contributed by atoms with van der Waals surface area (Å²) < 4.78 is 0.844. The van der Waals surface area contributed by atoms with Crippen molar-refractivity contribution in [2.75, 3.05) is 11.9 Å². The number of carbonyl (C=O) groups excluding carboxylic acids is 2. The zero-order valence-electron chi connectivity index (χ0n) is 14.6. The molecule has 9 heteroatoms. The van der Waals surface area contributed by atoms with E-state index in [0.717, 1.165) is 3.57 Å². The van der Waals surface area contributed by atoms with Gasteiger partial charge >= 0.3 is 12.0 Å². The molecule has 2 amide bonds. The third-order valence-electron chi connectivity index (χ3n) is 4.27. The number of hydrogen-bond donors (Lipinski definition) is 3. The predicted molar refractivity (Wildman–Crippen MR) is 114 cm³/mol. The van der Waals surface area contributed by atoms with Crippen LogP contribution in [0.5, 0.6) is 0 Å². The van der Waals surface area contributed by atoms with E-state index in [1.807, 2.05) is 0 Å². The van der Waals surface area contributed by atoms with Crippen molar-refractivity contribution in [3.63, 3.8) is 0 Å². The lowest BCUT2D eigenvalue weighted by Gasteiger charge is -2.18. The molecule has 1 saturated heterocycles. The van der Waals surface area contributed by atoms with Gasteiger partial charge in [-0.2, -0.15) is 0 Å². The normalized spacial score (nSPS) is 18.9. The quantitative estimate of drug-likeness (QED) is 0.506. The van der Waals surface area contributed by atoms with Gasteiger partial charge in [0, 0.05) is 26.4 Å². The first-order valence-electron chi connectivity index (χ1n) is 8.47. The fourth-order valence-electron chi connectivity index (χ4n) is 2.85. The molecule has 1 aromatic rings. The van der Waals surface area contributed by atoms with Crippen LogP contribution >= 0.6 is 34.2 Å². The number of carboxylic acids is 1. The highest BCUT2D eigenvalue weighted by Crippen LogP contribution is 2.24. The monoisotopic (exact) mass is 513 g/mol. The van der Waals surface area contributed by atoms with Crippen LogP contribution in [-0.4, -0.2) is 40.4 Å². The maximum atomic E-state index is 12.2. The number of ketones is 1. The molecular weight excluding hydrogens is 497 g/mol. The minimum absolute atomic E-state index is 0.125. The first-order valence-corrected chi connectivity index (χ1v) is 9.93. The minimum atomic E-state index is -1.02. The van der Waals surface area contributed by atoms with Gasteiger partial charge < -0.3 is 15.7 Å². The van der Waals surface area contributed by atoms with Crippen LogP contribution in [0, 0.1) is 3.57 Å². The topological polar surface area (TPSA) is 98.7 Å². The highest BCUT2D eigenvalue weighted by Gasteiger charge is 2.30. The fourth-order valence-corrected chi connectivity index (χ4v) is 3.51. The second-order valence-corrected chi connectivity index (χ2v) is 7.85. The van der Waals surface area contributed by atoms with Gasteiger partial charge in [0.05, 0.1) is 12.2 Å². The Balaban J connectivity index is 1.70. The molecule has 3 rings (SSSR count). The molecule has 1 fully saturated rings. The lowest BCUT2D eigenvalue weighted by atomic mass is 10.1. The van der Waals surface area contributed by atoms with Crippen LogP contribution < -0.4 is 10.6 Å². The van der Waals surface area contributed by atoms with Crippen LogP contribution in [-0.2, 0) is 9.59 Å². The number of urea groups is 1. The highest BCUT2D eigenvalue weighted by atomic mass is 127. The van der Waals surface area contributed by atoms with Crippen LogP contribution in [0.1, 0.15) is 12.8 Å². The number of amides is 2. The average molecular weight is 514 g/mol. The molecule has 2 aliphatic rings. The van der Waals surface area contributed by atoms with Crippen LogP contribution in [0.4, 0.5) is 10.5 Å². The molecule has 0 radical (unpaired) electrons. The zero-order chi connectivity index (χ0) is 20.3. The SMILES string of the molecule is O=C1CC=CC=C1N1CC(=CCC(Nc2cc(Cl)ccc2I)C(=O)O)NC1=O. The number of carbonyl (C=O) groups is 3. The lowest BCUT2D eigenvalue weighted by Crippen LogP contribution is -2.31. The van der Waals surface area contributed by atoms with Gasteiger partial charge in [-0.05, 0) is 53.3 Å². The Kier molecular flexibility index (Phi) is 6.40. The zero-order valence-corrected chi connectivity index (χ0v) is 17.5. The molecule has 146 valence electrons. The molecule has 0 spiro atoms. The van der Waals surface area contributed by atoms with E-state index in [1.54, 1.807) is 42.5 Å². The van der Waals surface area contributed by atoms with Crippen molar-refractivity contribution in [3.05, 3.63) is 62.5 Å². The molecule has 0 saturated carbocycles. The summed E-state index contributed by atoms with van der Waals surface area (Å²) in [6, 6.07) is 3.89. The summed E-state index contributed by atoms with van der Waals surface area (Å²) in [6.45, 7) is 0.200. The van der Waals surface area contributed by atoms with Gasteiger partial charge in [0.15, 0.2) is 5.78 Å². The van der Waals surface area contributed by atoms with Crippen molar-refractivity contribution in [1.82, 2.24) is 10.2 Å². The fraction of sp³-hybridized carbons (Fsp3) is 0.211. The van der Waals surface area contributed by atoms with E-state index in [1.165, 1.54) is 4.90 Å². The smallest absolute Gasteiger partial charge is 0.326 e. The Hall–Kier alpha value is -2.33. The number of benzene rings is 1. The van der Waals surface area contributed by atoms with Gasteiger partial charge in [-0.1, -0.05) is 29.8 Å². The minimum Gasteiger partial charge on any atom is -0.480 e. The summed E-state index contributed by atoms with van der Waals surface area (Å²) in [5.41, 5.74) is 1.52. The van der Waals surface area contributed by atoms with Gasteiger partial charge in [0.25, 0.3) is 0 Å². The Morgan fingerprint density at radius 3 is 2.93 bits per heavy atom. The Morgan fingerprint density at radius 1 is 1.43 bits per heavy atom. The molecule has 1 aromatic carbocycles. The molecule has 0 bridgehead atoms. The number of anilines is 1. The number of rotatable bonds is 6. The molecule has 0 aromatic heterocycles. The molecule has 7 nitrogen and oxygen atoms in total. The van der Waals surface area contributed by atoms with E-state index >= 15 is 0 Å². The number of Topliss-reactive ketones (excluding diaryl/α,β-unsaturated/α-hetero) is 1. The van der Waals surface area contributed by atoms with E-state index in [-0.39, 0.29) is 25.2 Å². The molecule has 1 heterocycles. The summed E-state index contributed by atoms with van der Waals surface area (Å²) >= 11 is 8.08. The van der Waals surface area contributed by atoms with Gasteiger partial charge in [-0.25, -0.2) is 9.59 Å². The Labute approximate surface area is 180 Å². The number of halogens is 2. The molecule has 28 heavy (non-hydrogen) atoms. The Bertz CT molecular complexity index is 926. The van der Waals surface area contributed by atoms with E-state index in [0.29, 0.717) is 22.1 Å². The van der Waals surface area contributed by atoms with E-state index < -0.39 is 18.0 Å². The summed E-state index contributed by atoms with van der Waals surface area (Å²) in [6.07, 6.45) is 7.15. The molecular formula is C19H17ClIN3O4. The summed E-state index contributed by atoms with van der Waals surface area (Å²) in [7, 11) is 0. The number of nitrogens with zero attached hydrogens (tertiary/aromatic N) is 1. The Morgan fingerprint density at radius 2 is 2.21 bits per heavy atom. The first kappa shape index (κ1) is 20.4. The van der Waals surface area contributed by atoms with Crippen LogP contribution in [0.25, 0.3) is 0 Å². The average Bonchev–Trinajstić information content (AvgIpc) is 3.02. The largest absolute Gasteiger partial charge is 0.480 e. The highest BCUT2D eigenvalue weighted by molar-refractivity contribution is 14.1. The van der Waals surface area contributed by atoms with Crippen molar-refractivity contribution in [2.24, 2.45) is 0 Å². The molecule has 1 atom stereocenters. The van der Waals surface area contributed by atoms with Crippen LogP contribution in [0.3, 0.4) is 0 Å². The summed E-state index contributed by atoms with van der Waals surface area (Å²) in [5, 5.41) is 15.7. The van der Waals surface area contributed by atoms with Gasteiger partial charge in [-0.15, -0.1) is 0 Å². The number of allylic oxidation sites excluding steroid dienone is 4. The lowest BCUT2D eigenvalue weighted by molar-refractivity contribution is -0.137. The number of nitrogens with one attached hydrogen (secondary N) is 2. The molecule has 1 unspecified atom stereocenters. The standard InChI is InChI=1S/C19H17ClIN3O4/c20-11-5-7-13(21)15(9-11)23-14(18(26)27)8-6-12-10-24(19(28)22-12)16-3-1-2-4-17(16)25/h1-3,5-7,9,14,23H,4,8,10H2,(H,22,28)(H,26,27). The van der Waals surface area contributed by atoms with Crippen molar-refractivity contribution >= 4 is 57.7 Å². The van der Waals surface area contributed by atoms with Crippen molar-refractivity contribution in [3.8, 4) is 0 Å². The number of carboxylic acid groups (broad SMARTS) is 1. The number of aliphatic carboxylic acids is 1. The summed E-state index contributed by atoms with van der Waals surface area (Å²) in [4.78, 5) is 37.2. The molecule has 3 N–H and O–H groups in total.